The molecule has 0 radical (unpaired) electrons. The van der Waals surface area contributed by atoms with Crippen LogP contribution in [0.15, 0.2) is 52.0 Å². The molecule has 0 saturated carbocycles. The van der Waals surface area contributed by atoms with Gasteiger partial charge in [0.15, 0.2) is 0 Å². The molecule has 0 aliphatic carbocycles. The Balaban J connectivity index is 1.69. The second kappa shape index (κ2) is 7.29. The topological polar surface area (TPSA) is 59.5 Å². The summed E-state index contributed by atoms with van der Waals surface area (Å²) >= 11 is 3.33. The van der Waals surface area contributed by atoms with E-state index >= 15 is 0 Å². The Labute approximate surface area is 163 Å². The monoisotopic (exact) mass is 438 g/mol. The number of aromatic nitrogens is 1. The van der Waals surface area contributed by atoms with E-state index in [1.165, 1.54) is 4.31 Å². The van der Waals surface area contributed by atoms with Gasteiger partial charge < -0.3 is 4.74 Å². The number of sulfonamides is 1. The molecule has 1 unspecified atom stereocenters. The summed E-state index contributed by atoms with van der Waals surface area (Å²) in [7, 11) is -3.51. The lowest BCUT2D eigenvalue weighted by Crippen LogP contribution is -2.31. The Kier molecular flexibility index (Phi) is 5.42. The maximum absolute atomic E-state index is 12.9. The van der Waals surface area contributed by atoms with E-state index in [1.807, 2.05) is 18.2 Å². The van der Waals surface area contributed by atoms with E-state index in [2.05, 4.69) is 41.7 Å². The zero-order valence-corrected chi connectivity index (χ0v) is 17.5. The van der Waals surface area contributed by atoms with Gasteiger partial charge >= 0.3 is 0 Å². The molecule has 0 N–H and O–H groups in total. The molecule has 1 aromatic carbocycles. The molecule has 140 valence electrons. The number of benzene rings is 1. The summed E-state index contributed by atoms with van der Waals surface area (Å²) in [5, 5.41) is 0. The number of nitrogens with zero attached hydrogens (tertiary/aromatic N) is 2. The van der Waals surface area contributed by atoms with E-state index in [4.69, 9.17) is 4.74 Å². The summed E-state index contributed by atoms with van der Waals surface area (Å²) in [5.74, 6) is 0.506. The number of hydrogen-bond acceptors (Lipinski definition) is 4. The molecule has 3 rings (SSSR count). The van der Waals surface area contributed by atoms with Crippen molar-refractivity contribution in [2.75, 3.05) is 13.1 Å². The largest absolute Gasteiger partial charge is 0.473 e. The molecule has 1 saturated heterocycles. The molecule has 26 heavy (non-hydrogen) atoms. The molecule has 5 nitrogen and oxygen atoms in total. The first-order chi connectivity index (χ1) is 12.2. The van der Waals surface area contributed by atoms with Gasteiger partial charge in [-0.15, -0.1) is 0 Å². The number of pyridine rings is 1. The molecule has 1 aliphatic rings. The minimum absolute atomic E-state index is 0.00739. The summed E-state index contributed by atoms with van der Waals surface area (Å²) in [6.45, 7) is 7.10. The lowest BCUT2D eigenvalue weighted by Gasteiger charge is -2.20. The van der Waals surface area contributed by atoms with E-state index in [1.54, 1.807) is 24.4 Å². The van der Waals surface area contributed by atoms with Crippen molar-refractivity contribution in [2.24, 2.45) is 0 Å². The molecular formula is C19H23BrN2O3S. The molecule has 1 atom stereocenters. The summed E-state index contributed by atoms with van der Waals surface area (Å²) < 4.78 is 34.0. The zero-order valence-electron chi connectivity index (χ0n) is 15.1. The average Bonchev–Trinajstić information content (AvgIpc) is 3.06. The van der Waals surface area contributed by atoms with Crippen LogP contribution in [0.4, 0.5) is 0 Å². The predicted octanol–water partition coefficient (Wildman–Crippen LogP) is 3.98. The van der Waals surface area contributed by atoms with Gasteiger partial charge in [-0.1, -0.05) is 32.9 Å². The van der Waals surface area contributed by atoms with Crippen molar-refractivity contribution in [3.8, 4) is 5.88 Å². The van der Waals surface area contributed by atoms with Gasteiger partial charge in [0.2, 0.25) is 15.9 Å². The lowest BCUT2D eigenvalue weighted by molar-refractivity contribution is 0.207. The Morgan fingerprint density at radius 3 is 2.42 bits per heavy atom. The third-order valence-electron chi connectivity index (χ3n) is 4.45. The molecule has 1 fully saturated rings. The van der Waals surface area contributed by atoms with Crippen LogP contribution < -0.4 is 4.74 Å². The molecule has 2 aromatic rings. The third kappa shape index (κ3) is 4.27. The van der Waals surface area contributed by atoms with Crippen molar-refractivity contribution in [1.82, 2.24) is 9.29 Å². The smallest absolute Gasteiger partial charge is 0.243 e. The number of rotatable bonds is 4. The van der Waals surface area contributed by atoms with E-state index < -0.39 is 10.0 Å². The highest BCUT2D eigenvalue weighted by Gasteiger charge is 2.34. The first-order valence-electron chi connectivity index (χ1n) is 8.55. The van der Waals surface area contributed by atoms with Gasteiger partial charge in [-0.25, -0.2) is 13.4 Å². The van der Waals surface area contributed by atoms with Crippen molar-refractivity contribution < 1.29 is 13.2 Å². The maximum Gasteiger partial charge on any atom is 0.243 e. The molecule has 2 heterocycles. The maximum atomic E-state index is 12.9. The molecule has 0 bridgehead atoms. The van der Waals surface area contributed by atoms with Gasteiger partial charge in [-0.05, 0) is 51.5 Å². The van der Waals surface area contributed by atoms with Crippen LogP contribution in [-0.4, -0.2) is 36.9 Å². The van der Waals surface area contributed by atoms with Gasteiger partial charge in [-0.3, -0.25) is 0 Å². The second-order valence-electron chi connectivity index (χ2n) is 7.48. The zero-order chi connectivity index (χ0) is 18.9. The van der Waals surface area contributed by atoms with Crippen molar-refractivity contribution in [2.45, 2.75) is 43.6 Å². The number of halogens is 1. The first-order valence-corrected chi connectivity index (χ1v) is 10.8. The molecule has 0 amide bonds. The minimum atomic E-state index is -3.51. The van der Waals surface area contributed by atoms with Crippen LogP contribution in [0.1, 0.15) is 32.8 Å². The van der Waals surface area contributed by atoms with Crippen molar-refractivity contribution >= 4 is 26.0 Å². The Morgan fingerprint density at radius 1 is 1.15 bits per heavy atom. The fourth-order valence-corrected chi connectivity index (χ4v) is 4.61. The van der Waals surface area contributed by atoms with Gasteiger partial charge in [0.05, 0.1) is 11.4 Å². The van der Waals surface area contributed by atoms with Crippen LogP contribution in [0.3, 0.4) is 0 Å². The highest BCUT2D eigenvalue weighted by atomic mass is 79.9. The molecule has 7 heteroatoms. The van der Waals surface area contributed by atoms with Gasteiger partial charge in [0.1, 0.15) is 6.10 Å². The van der Waals surface area contributed by atoms with Crippen LogP contribution in [-0.2, 0) is 15.4 Å². The van der Waals surface area contributed by atoms with Crippen molar-refractivity contribution in [1.29, 1.82) is 0 Å². The summed E-state index contributed by atoms with van der Waals surface area (Å²) in [5.41, 5.74) is 1.10. The lowest BCUT2D eigenvalue weighted by atomic mass is 9.87. The standard InChI is InChI=1S/C19H23BrN2O3S/c1-19(2,3)14-4-7-17(8-5-14)26(23,24)22-11-10-16(13-22)25-18-9-6-15(20)12-21-18/h4-9,12,16H,10-11,13H2,1-3H3. The summed E-state index contributed by atoms with van der Waals surface area (Å²) in [6.07, 6.45) is 2.12. The average molecular weight is 439 g/mol. The van der Waals surface area contributed by atoms with E-state index in [0.717, 1.165) is 10.0 Å². The molecule has 0 spiro atoms. The normalized spacial score (nSPS) is 18.8. The summed E-state index contributed by atoms with van der Waals surface area (Å²) in [6, 6.07) is 10.8. The van der Waals surface area contributed by atoms with Crippen LogP contribution in [0.25, 0.3) is 0 Å². The third-order valence-corrected chi connectivity index (χ3v) is 6.80. The van der Waals surface area contributed by atoms with Crippen LogP contribution >= 0.6 is 15.9 Å². The van der Waals surface area contributed by atoms with Gasteiger partial charge in [0.25, 0.3) is 0 Å². The van der Waals surface area contributed by atoms with Crippen LogP contribution in [0.5, 0.6) is 5.88 Å². The van der Waals surface area contributed by atoms with Crippen LogP contribution in [0, 0.1) is 0 Å². The fourth-order valence-electron chi connectivity index (χ4n) is 2.89. The molecule has 1 aromatic heterocycles. The molecule has 1 aliphatic heterocycles. The Hall–Kier alpha value is -1.44. The Morgan fingerprint density at radius 2 is 1.85 bits per heavy atom. The SMILES string of the molecule is CC(C)(C)c1ccc(S(=O)(=O)N2CCC(Oc3ccc(Br)cn3)C2)cc1. The minimum Gasteiger partial charge on any atom is -0.473 e. The highest BCUT2D eigenvalue weighted by molar-refractivity contribution is 9.10. The first kappa shape index (κ1) is 19.3. The van der Waals surface area contributed by atoms with Crippen molar-refractivity contribution in [3.63, 3.8) is 0 Å². The fraction of sp³-hybridized carbons (Fsp3) is 0.421. The second-order valence-corrected chi connectivity index (χ2v) is 10.3. The van der Waals surface area contributed by atoms with E-state index in [0.29, 0.717) is 30.3 Å². The summed E-state index contributed by atoms with van der Waals surface area (Å²) in [4.78, 5) is 4.51. The Bertz CT molecular complexity index is 859. The molecular weight excluding hydrogens is 416 g/mol. The van der Waals surface area contributed by atoms with E-state index in [9.17, 15) is 8.42 Å². The highest BCUT2D eigenvalue weighted by Crippen LogP contribution is 2.27. The number of ether oxygens (including phenoxy) is 1. The predicted molar refractivity (Wildman–Crippen MR) is 105 cm³/mol. The quantitative estimate of drug-likeness (QED) is 0.723. The van der Waals surface area contributed by atoms with Gasteiger partial charge in [0, 0.05) is 23.3 Å². The van der Waals surface area contributed by atoms with Gasteiger partial charge in [-0.2, -0.15) is 4.31 Å². The van der Waals surface area contributed by atoms with Crippen LogP contribution in [0.2, 0.25) is 0 Å². The number of hydrogen-bond donors (Lipinski definition) is 0. The van der Waals surface area contributed by atoms with E-state index in [-0.39, 0.29) is 11.5 Å². The van der Waals surface area contributed by atoms with Crippen molar-refractivity contribution in [3.05, 3.63) is 52.6 Å².